The van der Waals surface area contributed by atoms with Gasteiger partial charge in [-0.25, -0.2) is 0 Å². The van der Waals surface area contributed by atoms with E-state index in [1.54, 1.807) is 0 Å². The molecule has 0 radical (unpaired) electrons. The third kappa shape index (κ3) is 4.93. The number of furan rings is 1. The van der Waals surface area contributed by atoms with Crippen molar-refractivity contribution in [3.63, 3.8) is 0 Å². The smallest absolute Gasteiger partial charge is 0.137 e. The second kappa shape index (κ2) is 11.9. The van der Waals surface area contributed by atoms with Crippen LogP contribution in [0.5, 0.6) is 0 Å². The number of fused-ring (bicyclic) bond motifs is 9. The fourth-order valence-electron chi connectivity index (χ4n) is 8.14. The van der Waals surface area contributed by atoms with Crippen molar-refractivity contribution in [2.24, 2.45) is 0 Å². The lowest BCUT2D eigenvalue weighted by Crippen LogP contribution is -1.91. The minimum absolute atomic E-state index is 0.865. The highest BCUT2D eigenvalue weighted by atomic mass is 32.1. The summed E-state index contributed by atoms with van der Waals surface area (Å²) in [6, 6.07) is 65.6. The van der Waals surface area contributed by atoms with Crippen LogP contribution in [0.1, 0.15) is 0 Å². The predicted molar refractivity (Wildman–Crippen MR) is 228 cm³/mol. The van der Waals surface area contributed by atoms with E-state index in [2.05, 4.69) is 187 Å². The fourth-order valence-corrected chi connectivity index (χ4v) is 9.23. The summed E-state index contributed by atoms with van der Waals surface area (Å²) in [6.45, 7) is 0. The quantitative estimate of drug-likeness (QED) is 0.182. The average molecular weight is 694 g/mol. The molecule has 0 aliphatic carbocycles. The third-order valence-electron chi connectivity index (χ3n) is 10.7. The Hall–Kier alpha value is -6.68. The molecule has 53 heavy (non-hydrogen) atoms. The lowest BCUT2D eigenvalue weighted by molar-refractivity contribution is 0.669. The lowest BCUT2D eigenvalue weighted by Gasteiger charge is -2.12. The summed E-state index contributed by atoms with van der Waals surface area (Å²) in [5.74, 6) is 0. The molecular formula is C50H31NOS. The maximum atomic E-state index is 6.47. The highest BCUT2D eigenvalue weighted by molar-refractivity contribution is 7.25. The first-order chi connectivity index (χ1) is 26.2. The molecule has 3 heteroatoms. The van der Waals surface area contributed by atoms with Gasteiger partial charge in [-0.1, -0.05) is 127 Å². The van der Waals surface area contributed by atoms with Gasteiger partial charge in [-0.05, 0) is 110 Å². The van der Waals surface area contributed by atoms with Gasteiger partial charge in [0.2, 0.25) is 0 Å². The van der Waals surface area contributed by atoms with E-state index >= 15 is 0 Å². The molecule has 0 aliphatic rings. The summed E-state index contributed by atoms with van der Waals surface area (Å²) in [4.78, 5) is 0. The topological polar surface area (TPSA) is 25.2 Å². The Bertz CT molecular complexity index is 3190. The maximum Gasteiger partial charge on any atom is 0.137 e. The number of rotatable bonds is 5. The number of benzene rings is 9. The van der Waals surface area contributed by atoms with Gasteiger partial charge in [0, 0.05) is 31.2 Å². The van der Waals surface area contributed by atoms with E-state index in [-0.39, 0.29) is 0 Å². The van der Waals surface area contributed by atoms with Crippen molar-refractivity contribution in [1.29, 1.82) is 0 Å². The van der Waals surface area contributed by atoms with Gasteiger partial charge in [-0.2, -0.15) is 0 Å². The van der Waals surface area contributed by atoms with Crippen LogP contribution in [-0.4, -0.2) is 0 Å². The minimum Gasteiger partial charge on any atom is -0.456 e. The molecule has 0 aliphatic heterocycles. The number of nitrogens with one attached hydrogen (secondary N) is 1. The molecule has 0 bridgehead atoms. The molecular weight excluding hydrogens is 663 g/mol. The van der Waals surface area contributed by atoms with Crippen molar-refractivity contribution >= 4 is 86.4 Å². The van der Waals surface area contributed by atoms with Crippen LogP contribution in [0.15, 0.2) is 186 Å². The molecule has 2 heterocycles. The molecule has 248 valence electrons. The van der Waals surface area contributed by atoms with Gasteiger partial charge < -0.3 is 9.73 Å². The van der Waals surface area contributed by atoms with Crippen LogP contribution in [0, 0.1) is 0 Å². The summed E-state index contributed by atoms with van der Waals surface area (Å²) in [6.07, 6.45) is 0. The molecule has 2 aromatic heterocycles. The Balaban J connectivity index is 0.955. The Labute approximate surface area is 310 Å². The third-order valence-corrected chi connectivity index (χ3v) is 11.8. The fraction of sp³-hybridized carbons (Fsp3) is 0. The first-order valence-electron chi connectivity index (χ1n) is 18.0. The molecule has 0 saturated carbocycles. The van der Waals surface area contributed by atoms with Crippen molar-refractivity contribution in [2.75, 3.05) is 5.32 Å². The van der Waals surface area contributed by atoms with Crippen LogP contribution in [0.25, 0.3) is 97.0 Å². The maximum absolute atomic E-state index is 6.47. The van der Waals surface area contributed by atoms with E-state index in [1.807, 2.05) is 11.3 Å². The molecule has 1 N–H and O–H groups in total. The standard InChI is InChI=1S/C50H31NOS/c1-2-10-37-35(9-1)30-42(40-12-4-3-11-39(37)40)33-21-19-32(20-22-33)38-14-7-16-45-49(38)50-44(15-8-17-46(50)52-45)51-36-26-23-31(24-27-36)34-25-28-48-43(29-34)41-13-5-6-18-47(41)53-48/h1-30,51H. The van der Waals surface area contributed by atoms with E-state index in [9.17, 15) is 0 Å². The van der Waals surface area contributed by atoms with E-state index in [1.165, 1.54) is 64.0 Å². The van der Waals surface area contributed by atoms with Crippen LogP contribution in [-0.2, 0) is 0 Å². The molecule has 2 nitrogen and oxygen atoms in total. The Kier molecular flexibility index (Phi) is 6.76. The van der Waals surface area contributed by atoms with Gasteiger partial charge in [0.1, 0.15) is 11.2 Å². The van der Waals surface area contributed by atoms with Crippen LogP contribution < -0.4 is 5.32 Å². The minimum atomic E-state index is 0.865. The SMILES string of the molecule is c1ccc2c(c1)cc(-c1ccc(-c3cccc4oc5cccc(Nc6ccc(-c7ccc8sc9ccccc9c8c7)cc6)c5c34)cc1)c1ccccc12. The first-order valence-corrected chi connectivity index (χ1v) is 18.8. The monoisotopic (exact) mass is 693 g/mol. The summed E-state index contributed by atoms with van der Waals surface area (Å²) < 4.78 is 9.12. The molecule has 11 rings (SSSR count). The molecule has 0 unspecified atom stereocenters. The predicted octanol–water partition coefficient (Wildman–Crippen LogP) is 15.0. The van der Waals surface area contributed by atoms with Crippen molar-refractivity contribution in [1.82, 2.24) is 0 Å². The van der Waals surface area contributed by atoms with Crippen LogP contribution in [0.3, 0.4) is 0 Å². The molecule has 0 amide bonds. The normalized spacial score (nSPS) is 11.8. The number of anilines is 2. The van der Waals surface area contributed by atoms with E-state index < -0.39 is 0 Å². The zero-order chi connectivity index (χ0) is 34.9. The highest BCUT2D eigenvalue weighted by Crippen LogP contribution is 2.43. The Morgan fingerprint density at radius 1 is 0.377 bits per heavy atom. The van der Waals surface area contributed by atoms with Crippen LogP contribution in [0.2, 0.25) is 0 Å². The molecule has 0 atom stereocenters. The van der Waals surface area contributed by atoms with Crippen molar-refractivity contribution < 1.29 is 4.42 Å². The van der Waals surface area contributed by atoms with Gasteiger partial charge in [-0.3, -0.25) is 0 Å². The zero-order valence-corrected chi connectivity index (χ0v) is 29.5. The van der Waals surface area contributed by atoms with E-state index in [0.29, 0.717) is 0 Å². The van der Waals surface area contributed by atoms with Gasteiger partial charge in [0.25, 0.3) is 0 Å². The van der Waals surface area contributed by atoms with Gasteiger partial charge in [-0.15, -0.1) is 11.3 Å². The number of hydrogen-bond acceptors (Lipinski definition) is 3. The summed E-state index contributed by atoms with van der Waals surface area (Å²) in [7, 11) is 0. The van der Waals surface area contributed by atoms with Crippen molar-refractivity contribution in [3.8, 4) is 33.4 Å². The van der Waals surface area contributed by atoms with Gasteiger partial charge in [0.15, 0.2) is 0 Å². The van der Waals surface area contributed by atoms with Crippen LogP contribution >= 0.6 is 11.3 Å². The highest BCUT2D eigenvalue weighted by Gasteiger charge is 2.17. The van der Waals surface area contributed by atoms with Crippen LogP contribution in [0.4, 0.5) is 11.4 Å². The number of thiophene rings is 1. The second-order valence-electron chi connectivity index (χ2n) is 13.7. The lowest BCUT2D eigenvalue weighted by atomic mass is 9.92. The molecule has 11 aromatic rings. The molecule has 9 aromatic carbocycles. The van der Waals surface area contributed by atoms with Gasteiger partial charge in [0.05, 0.1) is 11.1 Å². The Morgan fingerprint density at radius 2 is 1.00 bits per heavy atom. The first kappa shape index (κ1) is 30.0. The molecule has 0 spiro atoms. The Morgan fingerprint density at radius 3 is 1.83 bits per heavy atom. The summed E-state index contributed by atoms with van der Waals surface area (Å²) in [5.41, 5.74) is 11.0. The molecule has 0 fully saturated rings. The van der Waals surface area contributed by atoms with E-state index in [4.69, 9.17) is 4.42 Å². The van der Waals surface area contributed by atoms with Gasteiger partial charge >= 0.3 is 0 Å². The van der Waals surface area contributed by atoms with E-state index in [0.717, 1.165) is 44.4 Å². The van der Waals surface area contributed by atoms with Crippen molar-refractivity contribution in [2.45, 2.75) is 0 Å². The largest absolute Gasteiger partial charge is 0.456 e. The average Bonchev–Trinajstić information content (AvgIpc) is 3.80. The van der Waals surface area contributed by atoms with Crippen molar-refractivity contribution in [3.05, 3.63) is 182 Å². The second-order valence-corrected chi connectivity index (χ2v) is 14.8. The summed E-state index contributed by atoms with van der Waals surface area (Å²) >= 11 is 1.85. The number of hydrogen-bond donors (Lipinski definition) is 1. The molecule has 0 saturated heterocycles. The zero-order valence-electron chi connectivity index (χ0n) is 28.6. The summed E-state index contributed by atoms with van der Waals surface area (Å²) in [5, 5.41) is 13.7.